The van der Waals surface area contributed by atoms with E-state index in [4.69, 9.17) is 10.5 Å². The van der Waals surface area contributed by atoms with Crippen molar-refractivity contribution in [1.29, 1.82) is 0 Å². The molecule has 2 aliphatic rings. The van der Waals surface area contributed by atoms with E-state index >= 15 is 0 Å². The summed E-state index contributed by atoms with van der Waals surface area (Å²) in [5, 5.41) is 13.9. The molecule has 29 heavy (non-hydrogen) atoms. The zero-order valence-corrected chi connectivity index (χ0v) is 15.4. The number of amides is 1. The van der Waals surface area contributed by atoms with Crippen molar-refractivity contribution in [2.75, 3.05) is 13.7 Å². The summed E-state index contributed by atoms with van der Waals surface area (Å²) in [6.07, 6.45) is -8.88. The van der Waals surface area contributed by atoms with E-state index in [1.807, 2.05) is 0 Å². The van der Waals surface area contributed by atoms with Gasteiger partial charge in [-0.25, -0.2) is 8.78 Å². The molecule has 1 amide bonds. The summed E-state index contributed by atoms with van der Waals surface area (Å²) < 4.78 is 69.5. The van der Waals surface area contributed by atoms with Gasteiger partial charge in [-0.2, -0.15) is 13.2 Å². The first kappa shape index (κ1) is 23.0. The molecule has 0 spiro atoms. The third-order valence-electron chi connectivity index (χ3n) is 5.42. The number of nitro groups is 1. The lowest BCUT2D eigenvalue weighted by Gasteiger charge is -2.46. The number of halogens is 5. The van der Waals surface area contributed by atoms with Crippen molar-refractivity contribution in [2.24, 2.45) is 28.0 Å². The van der Waals surface area contributed by atoms with Gasteiger partial charge in [0, 0.05) is 13.1 Å². The van der Waals surface area contributed by atoms with Gasteiger partial charge < -0.3 is 15.8 Å². The Labute approximate surface area is 162 Å². The molecule has 2 rings (SSSR count). The predicted octanol–water partition coefficient (Wildman–Crippen LogP) is 2.23. The van der Waals surface area contributed by atoms with Crippen molar-refractivity contribution < 1.29 is 36.4 Å². The van der Waals surface area contributed by atoms with Crippen LogP contribution in [0.2, 0.25) is 0 Å². The van der Waals surface area contributed by atoms with Gasteiger partial charge in [-0.15, -0.1) is 0 Å². The lowest BCUT2D eigenvalue weighted by Crippen LogP contribution is -2.62. The van der Waals surface area contributed by atoms with Crippen LogP contribution in [0, 0.1) is 27.4 Å². The highest BCUT2D eigenvalue weighted by Crippen LogP contribution is 2.49. The zero-order valence-electron chi connectivity index (χ0n) is 15.4. The first-order valence-electron chi connectivity index (χ1n) is 8.80. The number of hydrogen-bond donors (Lipinski definition) is 2. The largest absolute Gasteiger partial charge is 0.391 e. The van der Waals surface area contributed by atoms with Crippen LogP contribution in [-0.4, -0.2) is 49.2 Å². The number of aliphatic imine (C=N–C) groups is 1. The average Bonchev–Trinajstić information content (AvgIpc) is 2.64. The smallest absolute Gasteiger partial charge is 0.369 e. The van der Waals surface area contributed by atoms with Crippen molar-refractivity contribution in [3.8, 4) is 0 Å². The zero-order chi connectivity index (χ0) is 22.0. The molecular formula is C16H21F5N4O4. The summed E-state index contributed by atoms with van der Waals surface area (Å²) in [4.78, 5) is 26.7. The summed E-state index contributed by atoms with van der Waals surface area (Å²) in [7, 11) is 1.20. The van der Waals surface area contributed by atoms with E-state index in [0.29, 0.717) is 0 Å². The molecule has 0 aromatic heterocycles. The van der Waals surface area contributed by atoms with Crippen LogP contribution in [0.1, 0.15) is 25.7 Å². The van der Waals surface area contributed by atoms with E-state index in [0.717, 1.165) is 6.08 Å². The molecule has 0 radical (unpaired) electrons. The van der Waals surface area contributed by atoms with Crippen LogP contribution in [0.4, 0.5) is 22.0 Å². The molecule has 2 unspecified atom stereocenters. The molecule has 0 bridgehead atoms. The summed E-state index contributed by atoms with van der Waals surface area (Å²) in [6.45, 7) is -1.11. The van der Waals surface area contributed by atoms with Gasteiger partial charge in [0.15, 0.2) is 0 Å². The molecule has 164 valence electrons. The second-order valence-electron chi connectivity index (χ2n) is 7.00. The number of rotatable bonds is 6. The third kappa shape index (κ3) is 4.65. The van der Waals surface area contributed by atoms with Crippen LogP contribution in [0.3, 0.4) is 0 Å². The maximum absolute atomic E-state index is 13.0. The highest BCUT2D eigenvalue weighted by atomic mass is 19.4. The second kappa shape index (κ2) is 8.59. The van der Waals surface area contributed by atoms with E-state index in [-0.39, 0.29) is 31.5 Å². The number of carbonyl (C=O) groups is 1. The standard InChI is InChI=1S/C16H21F5N4O4/c1-23-12-10(25(27)28)6-15(13(22)26,14(24-12)29-7-11(17)18)8-2-4-9(5-3-8)16(19,20)21/h6,8-9,11,14H,2-5,7H2,1H3,(H2,22,26)(H,23,24). The molecule has 0 aromatic rings. The molecular weight excluding hydrogens is 407 g/mol. The topological polar surface area (TPSA) is 120 Å². The van der Waals surface area contributed by atoms with E-state index < -0.39 is 59.2 Å². The predicted molar refractivity (Wildman–Crippen MR) is 90.4 cm³/mol. The minimum Gasteiger partial charge on any atom is -0.369 e. The number of amidine groups is 1. The fraction of sp³-hybridized carbons (Fsp3) is 0.750. The summed E-state index contributed by atoms with van der Waals surface area (Å²) in [5.74, 6) is -3.88. The van der Waals surface area contributed by atoms with Crippen LogP contribution < -0.4 is 11.1 Å². The Balaban J connectivity index is 2.48. The molecule has 1 aliphatic carbocycles. The number of carbonyl (C=O) groups excluding carboxylic acids is 1. The summed E-state index contributed by atoms with van der Waals surface area (Å²) >= 11 is 0. The van der Waals surface area contributed by atoms with E-state index in [1.165, 1.54) is 7.05 Å². The van der Waals surface area contributed by atoms with Gasteiger partial charge in [0.2, 0.25) is 11.7 Å². The highest BCUT2D eigenvalue weighted by molar-refractivity contribution is 6.00. The molecule has 8 nitrogen and oxygen atoms in total. The van der Waals surface area contributed by atoms with Crippen LogP contribution in [0.5, 0.6) is 0 Å². The van der Waals surface area contributed by atoms with E-state index in [1.54, 1.807) is 0 Å². The Bertz CT molecular complexity index is 704. The number of hydrogen-bond acceptors (Lipinski definition) is 5. The van der Waals surface area contributed by atoms with Crippen molar-refractivity contribution in [1.82, 2.24) is 5.32 Å². The second-order valence-corrected chi connectivity index (χ2v) is 7.00. The van der Waals surface area contributed by atoms with Gasteiger partial charge >= 0.3 is 11.9 Å². The SMILES string of the molecule is CN=C1NC(OCC(F)F)C(C(N)=O)(C2CCC(C(F)(F)F)CC2)C=C1[N+](=O)[O-]. The fourth-order valence-corrected chi connectivity index (χ4v) is 3.99. The van der Waals surface area contributed by atoms with Crippen molar-refractivity contribution in [3.63, 3.8) is 0 Å². The number of nitrogens with zero attached hydrogens (tertiary/aromatic N) is 2. The van der Waals surface area contributed by atoms with Gasteiger partial charge in [0.05, 0.1) is 10.8 Å². The molecule has 1 fully saturated rings. The lowest BCUT2D eigenvalue weighted by atomic mass is 9.63. The molecule has 1 heterocycles. The average molecular weight is 428 g/mol. The maximum atomic E-state index is 13.0. The van der Waals surface area contributed by atoms with Crippen LogP contribution in [0.15, 0.2) is 16.8 Å². The first-order chi connectivity index (χ1) is 13.4. The first-order valence-corrected chi connectivity index (χ1v) is 8.80. The number of primary amides is 1. The quantitative estimate of drug-likeness (QED) is 0.382. The Morgan fingerprint density at radius 1 is 1.41 bits per heavy atom. The van der Waals surface area contributed by atoms with Gasteiger partial charge in [-0.1, -0.05) is 0 Å². The maximum Gasteiger partial charge on any atom is 0.391 e. The lowest BCUT2D eigenvalue weighted by molar-refractivity contribution is -0.417. The Hall–Kier alpha value is -2.31. The summed E-state index contributed by atoms with van der Waals surface area (Å²) in [6, 6.07) is 0. The third-order valence-corrected chi connectivity index (χ3v) is 5.42. The molecule has 1 aliphatic heterocycles. The fourth-order valence-electron chi connectivity index (χ4n) is 3.99. The Morgan fingerprint density at radius 3 is 2.41 bits per heavy atom. The van der Waals surface area contributed by atoms with Crippen molar-refractivity contribution >= 4 is 11.7 Å². The van der Waals surface area contributed by atoms with E-state index in [2.05, 4.69) is 10.3 Å². The highest BCUT2D eigenvalue weighted by Gasteiger charge is 2.57. The van der Waals surface area contributed by atoms with Crippen LogP contribution >= 0.6 is 0 Å². The van der Waals surface area contributed by atoms with Gasteiger partial charge in [0.25, 0.3) is 6.43 Å². The molecule has 3 N–H and O–H groups in total. The van der Waals surface area contributed by atoms with Gasteiger partial charge in [-0.05, 0) is 31.6 Å². The van der Waals surface area contributed by atoms with E-state index in [9.17, 15) is 36.9 Å². The number of alkyl halides is 5. The normalized spacial score (nSPS) is 32.0. The molecule has 0 aromatic carbocycles. The number of nitrogens with one attached hydrogen (secondary N) is 1. The minimum atomic E-state index is -4.41. The molecule has 1 saturated carbocycles. The minimum absolute atomic E-state index is 0.135. The number of ether oxygens (including phenoxy) is 1. The van der Waals surface area contributed by atoms with Crippen LogP contribution in [-0.2, 0) is 9.53 Å². The molecule has 2 atom stereocenters. The number of nitrogens with two attached hydrogens (primary N) is 1. The van der Waals surface area contributed by atoms with Gasteiger partial charge in [0.1, 0.15) is 18.2 Å². The van der Waals surface area contributed by atoms with Crippen LogP contribution in [0.25, 0.3) is 0 Å². The molecule has 13 heteroatoms. The van der Waals surface area contributed by atoms with Gasteiger partial charge in [-0.3, -0.25) is 19.9 Å². The van der Waals surface area contributed by atoms with Crippen molar-refractivity contribution in [3.05, 3.63) is 21.9 Å². The summed E-state index contributed by atoms with van der Waals surface area (Å²) in [5.41, 5.74) is 2.92. The Kier molecular flexibility index (Phi) is 6.81. The monoisotopic (exact) mass is 428 g/mol. The molecule has 0 saturated heterocycles. The Morgan fingerprint density at radius 2 is 2.00 bits per heavy atom. The van der Waals surface area contributed by atoms with Crippen molar-refractivity contribution in [2.45, 2.75) is 44.5 Å².